The van der Waals surface area contributed by atoms with Crippen LogP contribution in [0.1, 0.15) is 17.2 Å². The van der Waals surface area contributed by atoms with Crippen molar-refractivity contribution in [1.29, 1.82) is 0 Å². The van der Waals surface area contributed by atoms with Crippen LogP contribution in [0.25, 0.3) is 0 Å². The van der Waals surface area contributed by atoms with Crippen LogP contribution < -0.4 is 0 Å². The van der Waals surface area contributed by atoms with Gasteiger partial charge in [0.1, 0.15) is 0 Å². The first-order valence-corrected chi connectivity index (χ1v) is 8.63. The van der Waals surface area contributed by atoms with Gasteiger partial charge in [-0.1, -0.05) is 60.7 Å². The maximum atomic E-state index is 9.64. The monoisotopic (exact) mass is 326 g/mol. The van der Waals surface area contributed by atoms with Gasteiger partial charge in [-0.2, -0.15) is 0 Å². The Morgan fingerprint density at radius 1 is 0.792 bits per heavy atom. The van der Waals surface area contributed by atoms with Gasteiger partial charge in [0.2, 0.25) is 0 Å². The van der Waals surface area contributed by atoms with Gasteiger partial charge in [0.25, 0.3) is 0 Å². The molecule has 0 amide bonds. The van der Waals surface area contributed by atoms with E-state index in [1.807, 2.05) is 0 Å². The SMILES string of the molecule is OCC(O)CN1CCN(C(c2ccccc2)c2ccccc2)CC1. The van der Waals surface area contributed by atoms with E-state index in [9.17, 15) is 5.11 Å². The number of piperazine rings is 1. The average Bonchev–Trinajstić information content (AvgIpc) is 2.65. The molecule has 0 bridgehead atoms. The van der Waals surface area contributed by atoms with Gasteiger partial charge in [-0.15, -0.1) is 0 Å². The molecule has 1 aliphatic heterocycles. The molecular formula is C20H26N2O2. The Labute approximate surface area is 144 Å². The highest BCUT2D eigenvalue weighted by molar-refractivity contribution is 5.31. The van der Waals surface area contributed by atoms with E-state index in [4.69, 9.17) is 5.11 Å². The number of nitrogens with zero attached hydrogens (tertiary/aromatic N) is 2. The highest BCUT2D eigenvalue weighted by atomic mass is 16.3. The Kier molecular flexibility index (Phi) is 5.99. The molecule has 1 fully saturated rings. The van der Waals surface area contributed by atoms with Crippen LogP contribution in [0, 0.1) is 0 Å². The fourth-order valence-corrected chi connectivity index (χ4v) is 3.44. The topological polar surface area (TPSA) is 46.9 Å². The Bertz CT molecular complexity index is 558. The minimum Gasteiger partial charge on any atom is -0.394 e. The van der Waals surface area contributed by atoms with Gasteiger partial charge < -0.3 is 10.2 Å². The smallest absolute Gasteiger partial charge is 0.0897 e. The van der Waals surface area contributed by atoms with Crippen molar-refractivity contribution in [3.63, 3.8) is 0 Å². The third-order valence-electron chi connectivity index (χ3n) is 4.68. The van der Waals surface area contributed by atoms with Crippen molar-refractivity contribution < 1.29 is 10.2 Å². The second kappa shape index (κ2) is 8.40. The predicted octanol–water partition coefficient (Wildman–Crippen LogP) is 1.75. The van der Waals surface area contributed by atoms with E-state index in [0.717, 1.165) is 26.2 Å². The summed E-state index contributed by atoms with van der Waals surface area (Å²) < 4.78 is 0. The molecule has 0 spiro atoms. The van der Waals surface area contributed by atoms with Gasteiger partial charge in [-0.3, -0.25) is 9.80 Å². The fourth-order valence-electron chi connectivity index (χ4n) is 3.44. The van der Waals surface area contributed by atoms with E-state index in [1.54, 1.807) is 0 Å². The summed E-state index contributed by atoms with van der Waals surface area (Å²) in [4.78, 5) is 4.73. The molecule has 2 aromatic rings. The minimum atomic E-state index is -0.643. The molecule has 3 rings (SSSR count). The van der Waals surface area contributed by atoms with Crippen molar-refractivity contribution in [2.24, 2.45) is 0 Å². The number of hydrogen-bond acceptors (Lipinski definition) is 4. The Hall–Kier alpha value is -1.72. The van der Waals surface area contributed by atoms with Crippen molar-refractivity contribution in [2.75, 3.05) is 39.3 Å². The van der Waals surface area contributed by atoms with Gasteiger partial charge in [0.05, 0.1) is 18.8 Å². The fraction of sp³-hybridized carbons (Fsp3) is 0.400. The maximum Gasteiger partial charge on any atom is 0.0897 e. The van der Waals surface area contributed by atoms with Crippen LogP contribution in [-0.4, -0.2) is 65.4 Å². The van der Waals surface area contributed by atoms with E-state index in [0.29, 0.717) is 6.54 Å². The van der Waals surface area contributed by atoms with Gasteiger partial charge in [0.15, 0.2) is 0 Å². The average molecular weight is 326 g/mol. The van der Waals surface area contributed by atoms with Crippen LogP contribution in [0.5, 0.6) is 0 Å². The third-order valence-corrected chi connectivity index (χ3v) is 4.68. The predicted molar refractivity (Wildman–Crippen MR) is 95.8 cm³/mol. The van der Waals surface area contributed by atoms with Gasteiger partial charge in [0, 0.05) is 32.7 Å². The summed E-state index contributed by atoms with van der Waals surface area (Å²) in [6.45, 7) is 4.10. The van der Waals surface area contributed by atoms with Crippen molar-refractivity contribution >= 4 is 0 Å². The minimum absolute atomic E-state index is 0.170. The first-order chi connectivity index (χ1) is 11.8. The quantitative estimate of drug-likeness (QED) is 0.849. The summed E-state index contributed by atoms with van der Waals surface area (Å²) in [7, 11) is 0. The second-order valence-corrected chi connectivity index (χ2v) is 6.40. The van der Waals surface area contributed by atoms with Crippen molar-refractivity contribution in [3.05, 3.63) is 71.8 Å². The number of benzene rings is 2. The van der Waals surface area contributed by atoms with Crippen LogP contribution in [0.4, 0.5) is 0 Å². The maximum absolute atomic E-state index is 9.64. The molecule has 0 aliphatic carbocycles. The molecule has 0 radical (unpaired) electrons. The molecule has 2 aromatic carbocycles. The largest absolute Gasteiger partial charge is 0.394 e. The summed E-state index contributed by atoms with van der Waals surface area (Å²) in [6.07, 6.45) is -0.643. The van der Waals surface area contributed by atoms with Crippen molar-refractivity contribution in [2.45, 2.75) is 12.1 Å². The van der Waals surface area contributed by atoms with Gasteiger partial charge in [-0.25, -0.2) is 0 Å². The molecule has 0 aromatic heterocycles. The molecule has 0 saturated carbocycles. The van der Waals surface area contributed by atoms with Gasteiger partial charge >= 0.3 is 0 Å². The molecule has 24 heavy (non-hydrogen) atoms. The van der Waals surface area contributed by atoms with E-state index in [2.05, 4.69) is 70.5 Å². The number of rotatable bonds is 6. The number of β-amino-alcohol motifs (C(OH)–C–C–N with tert-alkyl or cyclic N) is 1. The second-order valence-electron chi connectivity index (χ2n) is 6.40. The van der Waals surface area contributed by atoms with Crippen LogP contribution >= 0.6 is 0 Å². The molecule has 128 valence electrons. The van der Waals surface area contributed by atoms with Gasteiger partial charge in [-0.05, 0) is 11.1 Å². The lowest BCUT2D eigenvalue weighted by Crippen LogP contribution is -2.50. The molecule has 1 unspecified atom stereocenters. The summed E-state index contributed by atoms with van der Waals surface area (Å²) >= 11 is 0. The summed E-state index contributed by atoms with van der Waals surface area (Å²) in [5, 5.41) is 18.7. The Morgan fingerprint density at radius 3 is 1.75 bits per heavy atom. The Morgan fingerprint density at radius 2 is 1.29 bits per heavy atom. The molecule has 1 atom stereocenters. The van der Waals surface area contributed by atoms with Crippen LogP contribution in [0.15, 0.2) is 60.7 Å². The standard InChI is InChI=1S/C20H26N2O2/c23-16-19(24)15-21-11-13-22(14-12-21)20(17-7-3-1-4-8-17)18-9-5-2-6-10-18/h1-10,19-20,23-24H,11-16H2. The zero-order chi connectivity index (χ0) is 16.8. The molecule has 1 heterocycles. The lowest BCUT2D eigenvalue weighted by Gasteiger charge is -2.40. The van der Waals surface area contributed by atoms with E-state index in [1.165, 1.54) is 11.1 Å². The molecular weight excluding hydrogens is 300 g/mol. The lowest BCUT2D eigenvalue weighted by atomic mass is 9.96. The molecule has 4 heteroatoms. The lowest BCUT2D eigenvalue weighted by molar-refractivity contribution is 0.0343. The Balaban J connectivity index is 1.74. The number of hydrogen-bond donors (Lipinski definition) is 2. The number of aliphatic hydroxyl groups is 2. The van der Waals surface area contributed by atoms with Crippen molar-refractivity contribution in [1.82, 2.24) is 9.80 Å². The highest BCUT2D eigenvalue weighted by Crippen LogP contribution is 2.29. The first kappa shape index (κ1) is 17.1. The van der Waals surface area contributed by atoms with Crippen molar-refractivity contribution in [3.8, 4) is 0 Å². The summed E-state index contributed by atoms with van der Waals surface area (Å²) in [5.74, 6) is 0. The normalized spacial score (nSPS) is 18.0. The third kappa shape index (κ3) is 4.22. The van der Waals surface area contributed by atoms with Crippen LogP contribution in [0.2, 0.25) is 0 Å². The van der Waals surface area contributed by atoms with Crippen LogP contribution in [0.3, 0.4) is 0 Å². The molecule has 4 nitrogen and oxygen atoms in total. The molecule has 1 aliphatic rings. The first-order valence-electron chi connectivity index (χ1n) is 8.63. The summed E-state index contributed by atoms with van der Waals surface area (Å²) in [6, 6.07) is 21.5. The van der Waals surface area contributed by atoms with E-state index < -0.39 is 6.10 Å². The zero-order valence-corrected chi connectivity index (χ0v) is 14.0. The molecule has 2 N–H and O–H groups in total. The zero-order valence-electron chi connectivity index (χ0n) is 14.0. The number of aliphatic hydroxyl groups excluding tert-OH is 2. The van der Waals surface area contributed by atoms with Crippen LogP contribution in [-0.2, 0) is 0 Å². The van der Waals surface area contributed by atoms with E-state index in [-0.39, 0.29) is 12.6 Å². The van der Waals surface area contributed by atoms with E-state index >= 15 is 0 Å². The summed E-state index contributed by atoms with van der Waals surface area (Å²) in [5.41, 5.74) is 2.63. The highest BCUT2D eigenvalue weighted by Gasteiger charge is 2.26. The molecule has 1 saturated heterocycles.